The fourth-order valence-electron chi connectivity index (χ4n) is 2.71. The maximum atomic E-state index is 6.28. The molecule has 2 aromatic rings. The van der Waals surface area contributed by atoms with Gasteiger partial charge in [-0.05, 0) is 30.0 Å². The molecule has 2 N–H and O–H groups in total. The molecule has 27 heavy (non-hydrogen) atoms. The number of halogens is 1. The number of guanidine groups is 1. The largest absolute Gasteiger partial charge is 0.486 e. The molecule has 0 saturated heterocycles. The smallest absolute Gasteiger partial charge is 0.191 e. The number of hydrogen-bond acceptors (Lipinski definition) is 5. The summed E-state index contributed by atoms with van der Waals surface area (Å²) in [7, 11) is 1.73. The molecule has 0 amide bonds. The van der Waals surface area contributed by atoms with Crippen LogP contribution in [0.15, 0.2) is 27.7 Å². The second-order valence-electron chi connectivity index (χ2n) is 6.58. The third-order valence-electron chi connectivity index (χ3n) is 4.19. The first-order chi connectivity index (χ1) is 13.1. The van der Waals surface area contributed by atoms with Crippen LogP contribution in [0.5, 0.6) is 11.5 Å². The Labute approximate surface area is 164 Å². The summed E-state index contributed by atoms with van der Waals surface area (Å²) in [5, 5.41) is 11.1. The highest BCUT2D eigenvalue weighted by atomic mass is 35.5. The zero-order valence-corrected chi connectivity index (χ0v) is 16.6. The minimum Gasteiger partial charge on any atom is -0.486 e. The van der Waals surface area contributed by atoms with Crippen LogP contribution in [0.1, 0.15) is 36.8 Å². The molecule has 0 fully saturated rings. The van der Waals surface area contributed by atoms with Crippen LogP contribution in [0.4, 0.5) is 0 Å². The maximum absolute atomic E-state index is 6.28. The molecular weight excluding hydrogens is 368 g/mol. The van der Waals surface area contributed by atoms with Crippen LogP contribution in [0.2, 0.25) is 5.02 Å². The third-order valence-corrected chi connectivity index (χ3v) is 4.47. The molecule has 7 nitrogen and oxygen atoms in total. The third kappa shape index (κ3) is 5.07. The minimum absolute atomic E-state index is 0.345. The van der Waals surface area contributed by atoms with Gasteiger partial charge in [-0.25, -0.2) is 0 Å². The van der Waals surface area contributed by atoms with Gasteiger partial charge in [0.05, 0.1) is 17.3 Å². The lowest BCUT2D eigenvalue weighted by atomic mass is 10.1. The van der Waals surface area contributed by atoms with Crippen LogP contribution < -0.4 is 20.1 Å². The average molecular weight is 393 g/mol. The highest BCUT2D eigenvalue weighted by Crippen LogP contribution is 2.38. The number of benzene rings is 1. The summed E-state index contributed by atoms with van der Waals surface area (Å²) in [4.78, 5) is 4.23. The normalized spacial score (nSPS) is 13.7. The van der Waals surface area contributed by atoms with Gasteiger partial charge in [-0.2, -0.15) is 0 Å². The van der Waals surface area contributed by atoms with Crippen molar-refractivity contribution in [3.8, 4) is 11.5 Å². The van der Waals surface area contributed by atoms with Crippen molar-refractivity contribution in [1.82, 2.24) is 15.8 Å². The van der Waals surface area contributed by atoms with Crippen molar-refractivity contribution in [2.75, 3.05) is 26.8 Å². The Bertz CT molecular complexity index is 804. The fraction of sp³-hybridized carbons (Fsp3) is 0.474. The lowest BCUT2D eigenvalue weighted by Crippen LogP contribution is -2.37. The summed E-state index contributed by atoms with van der Waals surface area (Å²) in [5.41, 5.74) is 2.02. The number of nitrogens with zero attached hydrogens (tertiary/aromatic N) is 2. The van der Waals surface area contributed by atoms with Gasteiger partial charge in [-0.1, -0.05) is 30.6 Å². The Balaban J connectivity index is 1.49. The monoisotopic (exact) mass is 392 g/mol. The van der Waals surface area contributed by atoms with Gasteiger partial charge in [0, 0.05) is 19.7 Å². The predicted octanol–water partition coefficient (Wildman–Crippen LogP) is 3.13. The molecule has 0 unspecified atom stereocenters. The zero-order chi connectivity index (χ0) is 19.2. The van der Waals surface area contributed by atoms with Gasteiger partial charge in [0.25, 0.3) is 0 Å². The molecular formula is C19H25ClN4O3. The first-order valence-corrected chi connectivity index (χ1v) is 9.42. The van der Waals surface area contributed by atoms with Crippen LogP contribution in [0, 0.1) is 0 Å². The molecule has 8 heteroatoms. The number of rotatable bonds is 6. The van der Waals surface area contributed by atoms with Crippen molar-refractivity contribution in [2.45, 2.75) is 32.7 Å². The number of ether oxygens (including phenoxy) is 2. The van der Waals surface area contributed by atoms with Gasteiger partial charge in [-0.15, -0.1) is 0 Å². The molecule has 0 radical (unpaired) electrons. The van der Waals surface area contributed by atoms with E-state index < -0.39 is 0 Å². The van der Waals surface area contributed by atoms with E-state index in [4.69, 9.17) is 25.6 Å². The van der Waals surface area contributed by atoms with E-state index in [2.05, 4.69) is 34.6 Å². The molecule has 1 aliphatic heterocycles. The van der Waals surface area contributed by atoms with E-state index in [-0.39, 0.29) is 0 Å². The fourth-order valence-corrected chi connectivity index (χ4v) is 3.00. The number of aromatic nitrogens is 1. The van der Waals surface area contributed by atoms with Crippen LogP contribution in [-0.4, -0.2) is 37.9 Å². The van der Waals surface area contributed by atoms with Crippen molar-refractivity contribution in [2.24, 2.45) is 4.99 Å². The van der Waals surface area contributed by atoms with Crippen molar-refractivity contribution in [1.29, 1.82) is 0 Å². The molecule has 146 valence electrons. The van der Waals surface area contributed by atoms with Gasteiger partial charge in [0.1, 0.15) is 13.2 Å². The van der Waals surface area contributed by atoms with Gasteiger partial charge >= 0.3 is 0 Å². The Kier molecular flexibility index (Phi) is 6.45. The molecule has 0 aliphatic carbocycles. The summed E-state index contributed by atoms with van der Waals surface area (Å²) in [6.45, 7) is 6.46. The SMILES string of the molecule is CN=C(NCCc1cc(Cl)c2c(c1)OCCO2)NCc1cc(C(C)C)no1. The summed E-state index contributed by atoms with van der Waals surface area (Å²) < 4.78 is 16.5. The standard InChI is InChI=1S/C19H25ClN4O3/c1-12(2)16-10-14(27-24-16)11-23-19(21-3)22-5-4-13-8-15(20)18-17(9-13)25-6-7-26-18/h8-10,12H,4-7,11H2,1-3H3,(H2,21,22,23). The summed E-state index contributed by atoms with van der Waals surface area (Å²) in [6.07, 6.45) is 0.775. The van der Waals surface area contributed by atoms with E-state index in [1.165, 1.54) is 0 Å². The highest BCUT2D eigenvalue weighted by molar-refractivity contribution is 6.32. The lowest BCUT2D eigenvalue weighted by molar-refractivity contribution is 0.171. The first kappa shape index (κ1) is 19.4. The van der Waals surface area contributed by atoms with E-state index in [9.17, 15) is 0 Å². The highest BCUT2D eigenvalue weighted by Gasteiger charge is 2.16. The van der Waals surface area contributed by atoms with Crippen LogP contribution in [-0.2, 0) is 13.0 Å². The number of nitrogens with one attached hydrogen (secondary N) is 2. The molecule has 0 spiro atoms. The molecule has 1 aliphatic rings. The summed E-state index contributed by atoms with van der Waals surface area (Å²) in [5.74, 6) is 3.15. The van der Waals surface area contributed by atoms with E-state index in [0.29, 0.717) is 54.7 Å². The minimum atomic E-state index is 0.345. The maximum Gasteiger partial charge on any atom is 0.191 e. The molecule has 0 saturated carbocycles. The van der Waals surface area contributed by atoms with Crippen molar-refractivity contribution < 1.29 is 14.0 Å². The molecule has 2 heterocycles. The van der Waals surface area contributed by atoms with E-state index in [0.717, 1.165) is 23.4 Å². The van der Waals surface area contributed by atoms with E-state index in [1.807, 2.05) is 18.2 Å². The van der Waals surface area contributed by atoms with Crippen molar-refractivity contribution >= 4 is 17.6 Å². The Hall–Kier alpha value is -2.41. The number of aliphatic imine (C=N–C) groups is 1. The van der Waals surface area contributed by atoms with Crippen LogP contribution in [0.25, 0.3) is 0 Å². The quantitative estimate of drug-likeness (QED) is 0.580. The second-order valence-corrected chi connectivity index (χ2v) is 6.98. The molecule has 0 atom stereocenters. The summed E-state index contributed by atoms with van der Waals surface area (Å²) >= 11 is 6.28. The molecule has 1 aromatic carbocycles. The van der Waals surface area contributed by atoms with Crippen LogP contribution >= 0.6 is 11.6 Å². The van der Waals surface area contributed by atoms with Crippen molar-refractivity contribution in [3.63, 3.8) is 0 Å². The first-order valence-electron chi connectivity index (χ1n) is 9.05. The zero-order valence-electron chi connectivity index (χ0n) is 15.8. The Morgan fingerprint density at radius 3 is 2.78 bits per heavy atom. The lowest BCUT2D eigenvalue weighted by Gasteiger charge is -2.20. The summed E-state index contributed by atoms with van der Waals surface area (Å²) in [6, 6.07) is 5.84. The molecule has 0 bridgehead atoms. The van der Waals surface area contributed by atoms with Gasteiger partial charge in [0.15, 0.2) is 23.2 Å². The van der Waals surface area contributed by atoms with E-state index >= 15 is 0 Å². The molecule has 3 rings (SSSR count). The number of fused-ring (bicyclic) bond motifs is 1. The van der Waals surface area contributed by atoms with E-state index in [1.54, 1.807) is 7.05 Å². The van der Waals surface area contributed by atoms with Crippen molar-refractivity contribution in [3.05, 3.63) is 40.2 Å². The number of hydrogen-bond donors (Lipinski definition) is 2. The predicted molar refractivity (Wildman–Crippen MR) is 105 cm³/mol. The topological polar surface area (TPSA) is 80.9 Å². The van der Waals surface area contributed by atoms with Gasteiger partial charge < -0.3 is 24.6 Å². The molecule has 1 aromatic heterocycles. The second kappa shape index (κ2) is 8.99. The van der Waals surface area contributed by atoms with Crippen LogP contribution in [0.3, 0.4) is 0 Å². The Morgan fingerprint density at radius 2 is 2.04 bits per heavy atom. The Morgan fingerprint density at radius 1 is 1.22 bits per heavy atom. The van der Waals surface area contributed by atoms with Gasteiger partial charge in [0.2, 0.25) is 0 Å². The van der Waals surface area contributed by atoms with Gasteiger partial charge in [-0.3, -0.25) is 4.99 Å². The average Bonchev–Trinajstić information content (AvgIpc) is 3.14.